The van der Waals surface area contributed by atoms with E-state index in [1.54, 1.807) is 6.20 Å². The fourth-order valence-corrected chi connectivity index (χ4v) is 1.39. The van der Waals surface area contributed by atoms with Crippen LogP contribution in [0.1, 0.15) is 12.8 Å². The Bertz CT molecular complexity index is 300. The molecule has 0 aromatic carbocycles. The first-order valence-corrected chi connectivity index (χ1v) is 4.67. The molecule has 0 radical (unpaired) electrons. The zero-order valence-electron chi connectivity index (χ0n) is 7.85. The number of hydrogen-bond donors (Lipinski definition) is 1. The molecule has 1 saturated heterocycles. The van der Waals surface area contributed by atoms with Crippen LogP contribution in [-0.2, 0) is 4.74 Å². The molecule has 0 aliphatic carbocycles. The van der Waals surface area contributed by atoms with Gasteiger partial charge in [0.05, 0.1) is 6.10 Å². The summed E-state index contributed by atoms with van der Waals surface area (Å²) in [5, 5.41) is 0. The molecule has 0 saturated carbocycles. The molecule has 1 fully saturated rings. The highest BCUT2D eigenvalue weighted by atomic mass is 16.5. The molecule has 2 heterocycles. The third-order valence-corrected chi connectivity index (χ3v) is 2.12. The second kappa shape index (κ2) is 4.23. The third kappa shape index (κ3) is 2.11. The molecule has 76 valence electrons. The number of rotatable bonds is 3. The van der Waals surface area contributed by atoms with Gasteiger partial charge < -0.3 is 15.2 Å². The van der Waals surface area contributed by atoms with E-state index < -0.39 is 0 Å². The van der Waals surface area contributed by atoms with Crippen LogP contribution >= 0.6 is 0 Å². The zero-order chi connectivity index (χ0) is 9.80. The maximum Gasteiger partial charge on any atom is 0.257 e. The standard InChI is InChI=1S/C9H13N3O2/c10-8-9(12-4-3-11-8)14-6-7-2-1-5-13-7/h3-4,7H,1-2,5-6H2,(H2,10,11). The van der Waals surface area contributed by atoms with Crippen molar-refractivity contribution in [3.05, 3.63) is 12.4 Å². The smallest absolute Gasteiger partial charge is 0.257 e. The SMILES string of the molecule is Nc1nccnc1OCC1CCCO1. The van der Waals surface area contributed by atoms with Gasteiger partial charge in [-0.25, -0.2) is 9.97 Å². The molecule has 5 nitrogen and oxygen atoms in total. The summed E-state index contributed by atoms with van der Waals surface area (Å²) in [5.74, 6) is 0.716. The molecule has 14 heavy (non-hydrogen) atoms. The summed E-state index contributed by atoms with van der Waals surface area (Å²) in [4.78, 5) is 7.85. The minimum absolute atomic E-state index is 0.177. The molecule has 1 unspecified atom stereocenters. The van der Waals surface area contributed by atoms with E-state index in [1.165, 1.54) is 6.20 Å². The quantitative estimate of drug-likeness (QED) is 0.765. The van der Waals surface area contributed by atoms with Gasteiger partial charge in [-0.2, -0.15) is 0 Å². The summed E-state index contributed by atoms with van der Waals surface area (Å²) in [5.41, 5.74) is 5.57. The van der Waals surface area contributed by atoms with Crippen LogP contribution in [0.5, 0.6) is 5.88 Å². The molecule has 5 heteroatoms. The molecule has 1 atom stereocenters. The van der Waals surface area contributed by atoms with Crippen molar-refractivity contribution >= 4 is 5.82 Å². The number of ether oxygens (including phenoxy) is 2. The lowest BCUT2D eigenvalue weighted by Gasteiger charge is -2.10. The predicted octanol–water partition coefficient (Wildman–Crippen LogP) is 0.617. The lowest BCUT2D eigenvalue weighted by atomic mass is 10.2. The van der Waals surface area contributed by atoms with E-state index >= 15 is 0 Å². The fourth-order valence-electron chi connectivity index (χ4n) is 1.39. The average Bonchev–Trinajstić information content (AvgIpc) is 2.69. The lowest BCUT2D eigenvalue weighted by Crippen LogP contribution is -2.17. The van der Waals surface area contributed by atoms with Crippen LogP contribution in [0.3, 0.4) is 0 Å². The highest BCUT2D eigenvalue weighted by Gasteiger charge is 2.16. The van der Waals surface area contributed by atoms with Gasteiger partial charge in [0.1, 0.15) is 6.61 Å². The normalized spacial score (nSPS) is 21.0. The summed E-state index contributed by atoms with van der Waals surface area (Å²) < 4.78 is 10.8. The molecule has 1 aromatic heterocycles. The van der Waals surface area contributed by atoms with E-state index in [4.69, 9.17) is 15.2 Å². The maximum absolute atomic E-state index is 5.57. The second-order valence-electron chi connectivity index (χ2n) is 3.19. The topological polar surface area (TPSA) is 70.3 Å². The first-order valence-electron chi connectivity index (χ1n) is 4.67. The molecule has 2 rings (SSSR count). The van der Waals surface area contributed by atoms with Gasteiger partial charge in [-0.3, -0.25) is 0 Å². The van der Waals surface area contributed by atoms with E-state index in [2.05, 4.69) is 9.97 Å². The van der Waals surface area contributed by atoms with E-state index in [0.717, 1.165) is 19.4 Å². The van der Waals surface area contributed by atoms with Crippen molar-refractivity contribution in [2.45, 2.75) is 18.9 Å². The first-order chi connectivity index (χ1) is 6.86. The first kappa shape index (κ1) is 9.21. The van der Waals surface area contributed by atoms with Crippen molar-refractivity contribution in [1.29, 1.82) is 0 Å². The molecule has 1 aliphatic rings. The van der Waals surface area contributed by atoms with Crippen LogP contribution in [0.25, 0.3) is 0 Å². The summed E-state index contributed by atoms with van der Waals surface area (Å²) >= 11 is 0. The monoisotopic (exact) mass is 195 g/mol. The minimum Gasteiger partial charge on any atom is -0.472 e. The van der Waals surface area contributed by atoms with Crippen LogP contribution in [-0.4, -0.2) is 29.3 Å². The van der Waals surface area contributed by atoms with Gasteiger partial charge in [-0.15, -0.1) is 0 Å². The van der Waals surface area contributed by atoms with Gasteiger partial charge in [0.25, 0.3) is 5.88 Å². The van der Waals surface area contributed by atoms with Crippen LogP contribution in [0, 0.1) is 0 Å². The van der Waals surface area contributed by atoms with Crippen molar-refractivity contribution in [2.75, 3.05) is 18.9 Å². The van der Waals surface area contributed by atoms with Crippen molar-refractivity contribution < 1.29 is 9.47 Å². The Morgan fingerprint density at radius 1 is 1.50 bits per heavy atom. The number of anilines is 1. The summed E-state index contributed by atoms with van der Waals surface area (Å²) in [6, 6.07) is 0. The number of hydrogen-bond acceptors (Lipinski definition) is 5. The second-order valence-corrected chi connectivity index (χ2v) is 3.19. The molecule has 1 aromatic rings. The van der Waals surface area contributed by atoms with Gasteiger partial charge in [-0.05, 0) is 12.8 Å². The number of aromatic nitrogens is 2. The molecular weight excluding hydrogens is 182 g/mol. The van der Waals surface area contributed by atoms with Crippen molar-refractivity contribution in [1.82, 2.24) is 9.97 Å². The maximum atomic E-state index is 5.57. The van der Waals surface area contributed by atoms with Gasteiger partial charge in [0.15, 0.2) is 5.82 Å². The Kier molecular flexibility index (Phi) is 2.78. The molecule has 1 aliphatic heterocycles. The Morgan fingerprint density at radius 3 is 3.07 bits per heavy atom. The molecule has 2 N–H and O–H groups in total. The Morgan fingerprint density at radius 2 is 2.36 bits per heavy atom. The third-order valence-electron chi connectivity index (χ3n) is 2.12. The fraction of sp³-hybridized carbons (Fsp3) is 0.556. The van der Waals surface area contributed by atoms with Gasteiger partial charge in [0, 0.05) is 19.0 Å². The molecular formula is C9H13N3O2. The van der Waals surface area contributed by atoms with Crippen molar-refractivity contribution in [2.24, 2.45) is 0 Å². The van der Waals surface area contributed by atoms with Crippen LogP contribution < -0.4 is 10.5 Å². The lowest BCUT2D eigenvalue weighted by molar-refractivity contribution is 0.0665. The number of nitrogens with two attached hydrogens (primary N) is 1. The minimum atomic E-state index is 0.177. The average molecular weight is 195 g/mol. The zero-order valence-corrected chi connectivity index (χ0v) is 7.85. The molecule has 0 spiro atoms. The Hall–Kier alpha value is -1.36. The summed E-state index contributed by atoms with van der Waals surface area (Å²) in [6.07, 6.45) is 5.41. The van der Waals surface area contributed by atoms with Crippen molar-refractivity contribution in [3.63, 3.8) is 0 Å². The summed E-state index contributed by atoms with van der Waals surface area (Å²) in [6.45, 7) is 1.33. The number of nitrogen functional groups attached to an aromatic ring is 1. The van der Waals surface area contributed by atoms with Gasteiger partial charge in [-0.1, -0.05) is 0 Å². The summed E-state index contributed by atoms with van der Waals surface area (Å²) in [7, 11) is 0. The van der Waals surface area contributed by atoms with E-state index in [-0.39, 0.29) is 6.10 Å². The highest BCUT2D eigenvalue weighted by molar-refractivity contribution is 5.38. The Labute approximate surface area is 82.3 Å². The van der Waals surface area contributed by atoms with E-state index in [0.29, 0.717) is 18.3 Å². The van der Waals surface area contributed by atoms with Gasteiger partial charge in [0.2, 0.25) is 0 Å². The highest BCUT2D eigenvalue weighted by Crippen LogP contribution is 2.16. The number of nitrogens with zero attached hydrogens (tertiary/aromatic N) is 2. The Balaban J connectivity index is 1.88. The largest absolute Gasteiger partial charge is 0.472 e. The van der Waals surface area contributed by atoms with Crippen LogP contribution in [0.4, 0.5) is 5.82 Å². The predicted molar refractivity (Wildman–Crippen MR) is 50.9 cm³/mol. The van der Waals surface area contributed by atoms with Crippen LogP contribution in [0.15, 0.2) is 12.4 Å². The van der Waals surface area contributed by atoms with E-state index in [9.17, 15) is 0 Å². The van der Waals surface area contributed by atoms with Crippen LogP contribution in [0.2, 0.25) is 0 Å². The molecule has 0 amide bonds. The van der Waals surface area contributed by atoms with Crippen molar-refractivity contribution in [3.8, 4) is 5.88 Å². The molecule has 0 bridgehead atoms. The van der Waals surface area contributed by atoms with E-state index in [1.807, 2.05) is 0 Å². The van der Waals surface area contributed by atoms with Gasteiger partial charge >= 0.3 is 0 Å².